The number of piperidine rings is 1. The normalized spacial score (nSPS) is 20.1. The van der Waals surface area contributed by atoms with Gasteiger partial charge in [-0.3, -0.25) is 0 Å². The van der Waals surface area contributed by atoms with Gasteiger partial charge in [0.2, 0.25) is 0 Å². The number of hydrogen-bond donors (Lipinski definition) is 0. The van der Waals surface area contributed by atoms with Crippen LogP contribution in [0.5, 0.6) is 0 Å². The third kappa shape index (κ3) is 5.10. The highest BCUT2D eigenvalue weighted by Crippen LogP contribution is 2.53. The molecule has 0 bridgehead atoms. The van der Waals surface area contributed by atoms with Crippen molar-refractivity contribution in [2.75, 3.05) is 13.1 Å². The maximum absolute atomic E-state index is 12.4. The van der Waals surface area contributed by atoms with Crippen molar-refractivity contribution in [1.29, 1.82) is 0 Å². The van der Waals surface area contributed by atoms with Crippen LogP contribution >= 0.6 is 0 Å². The lowest BCUT2D eigenvalue weighted by molar-refractivity contribution is -0.139. The molecule has 1 aliphatic carbocycles. The Bertz CT molecular complexity index is 698. The van der Waals surface area contributed by atoms with Crippen molar-refractivity contribution in [3.63, 3.8) is 0 Å². The molecule has 3 rings (SSSR count). The molecule has 0 atom stereocenters. The summed E-state index contributed by atoms with van der Waals surface area (Å²) < 4.78 is 10.8. The molecular formula is C21H27NO4. The van der Waals surface area contributed by atoms with Gasteiger partial charge < -0.3 is 14.4 Å². The highest BCUT2D eigenvalue weighted by Gasteiger charge is 2.48. The van der Waals surface area contributed by atoms with Gasteiger partial charge in [0.25, 0.3) is 0 Å². The van der Waals surface area contributed by atoms with Gasteiger partial charge in [0, 0.05) is 19.2 Å². The van der Waals surface area contributed by atoms with Gasteiger partial charge in [-0.15, -0.1) is 0 Å². The summed E-state index contributed by atoms with van der Waals surface area (Å²) in [7, 11) is 0. The minimum atomic E-state index is -0.524. The maximum atomic E-state index is 12.4. The standard InChI is InChI=1S/C21H27NO4/c1-20(2,3)26-19(24)22-13-17(12-21(15-22)9-10-21)11-18(23)25-14-16-7-5-4-6-8-16/h4-8,11H,9-10,12-15H2,1-3H3. The summed E-state index contributed by atoms with van der Waals surface area (Å²) in [5, 5.41) is 0. The largest absolute Gasteiger partial charge is 0.458 e. The van der Waals surface area contributed by atoms with Crippen molar-refractivity contribution in [3.8, 4) is 0 Å². The van der Waals surface area contributed by atoms with Crippen LogP contribution < -0.4 is 0 Å². The average Bonchev–Trinajstić information content (AvgIpc) is 3.30. The lowest BCUT2D eigenvalue weighted by atomic mass is 9.91. The molecule has 5 heteroatoms. The van der Waals surface area contributed by atoms with Crippen molar-refractivity contribution in [3.05, 3.63) is 47.5 Å². The molecule has 0 radical (unpaired) electrons. The summed E-state index contributed by atoms with van der Waals surface area (Å²) in [6.45, 7) is 6.97. The monoisotopic (exact) mass is 357 g/mol. The first-order valence-electron chi connectivity index (χ1n) is 9.13. The first-order valence-corrected chi connectivity index (χ1v) is 9.13. The van der Waals surface area contributed by atoms with Crippen LogP contribution in [0, 0.1) is 5.41 Å². The van der Waals surface area contributed by atoms with Crippen LogP contribution in [-0.2, 0) is 20.9 Å². The van der Waals surface area contributed by atoms with Gasteiger partial charge >= 0.3 is 12.1 Å². The number of carbonyl (C=O) groups excluding carboxylic acids is 2. The van der Waals surface area contributed by atoms with Gasteiger partial charge in [-0.25, -0.2) is 9.59 Å². The van der Waals surface area contributed by atoms with Crippen molar-refractivity contribution in [2.24, 2.45) is 5.41 Å². The zero-order chi connectivity index (χ0) is 18.8. The smallest absolute Gasteiger partial charge is 0.410 e. The Morgan fingerprint density at radius 2 is 1.88 bits per heavy atom. The van der Waals surface area contributed by atoms with E-state index >= 15 is 0 Å². The third-order valence-electron chi connectivity index (χ3n) is 4.68. The second kappa shape index (κ2) is 7.14. The number of amides is 1. The summed E-state index contributed by atoms with van der Waals surface area (Å²) in [5.74, 6) is -0.356. The zero-order valence-electron chi connectivity index (χ0n) is 15.8. The SMILES string of the molecule is CC(C)(C)OC(=O)N1CC(=CC(=O)OCc2ccccc2)CC2(CC2)C1. The van der Waals surface area contributed by atoms with E-state index in [0.29, 0.717) is 13.1 Å². The predicted molar refractivity (Wildman–Crippen MR) is 98.4 cm³/mol. The topological polar surface area (TPSA) is 55.8 Å². The Balaban J connectivity index is 1.62. The Kier molecular flexibility index (Phi) is 5.08. The molecular weight excluding hydrogens is 330 g/mol. The molecule has 2 fully saturated rings. The summed E-state index contributed by atoms with van der Waals surface area (Å²) >= 11 is 0. The predicted octanol–water partition coefficient (Wildman–Crippen LogP) is 4.08. The molecule has 1 spiro atoms. The summed E-state index contributed by atoms with van der Waals surface area (Å²) in [6, 6.07) is 9.60. The van der Waals surface area contributed by atoms with Gasteiger partial charge in [0.1, 0.15) is 12.2 Å². The molecule has 0 aromatic heterocycles. The minimum absolute atomic E-state index is 0.126. The third-order valence-corrected chi connectivity index (χ3v) is 4.68. The number of nitrogens with zero attached hydrogens (tertiary/aromatic N) is 1. The fourth-order valence-corrected chi connectivity index (χ4v) is 3.30. The number of carbonyl (C=O) groups is 2. The number of likely N-dealkylation sites (tertiary alicyclic amines) is 1. The highest BCUT2D eigenvalue weighted by atomic mass is 16.6. The van der Waals surface area contributed by atoms with E-state index < -0.39 is 5.60 Å². The van der Waals surface area contributed by atoms with E-state index in [1.165, 1.54) is 0 Å². The zero-order valence-corrected chi connectivity index (χ0v) is 15.8. The van der Waals surface area contributed by atoms with Gasteiger partial charge in [-0.05, 0) is 56.6 Å². The van der Waals surface area contributed by atoms with Crippen molar-refractivity contribution >= 4 is 12.1 Å². The number of esters is 1. The number of benzene rings is 1. The van der Waals surface area contributed by atoms with Crippen LogP contribution in [0.15, 0.2) is 42.0 Å². The second-order valence-electron chi connectivity index (χ2n) is 8.41. The van der Waals surface area contributed by atoms with Crippen molar-refractivity contribution in [2.45, 2.75) is 52.2 Å². The quantitative estimate of drug-likeness (QED) is 0.604. The first-order chi connectivity index (χ1) is 12.2. The summed E-state index contributed by atoms with van der Waals surface area (Å²) in [5.41, 5.74) is 1.50. The van der Waals surface area contributed by atoms with Gasteiger partial charge in [0.15, 0.2) is 0 Å². The molecule has 1 saturated carbocycles. The molecule has 1 saturated heterocycles. The lowest BCUT2D eigenvalue weighted by Crippen LogP contribution is -2.44. The van der Waals surface area contributed by atoms with E-state index in [2.05, 4.69) is 0 Å². The van der Waals surface area contributed by atoms with Crippen LogP contribution in [0.4, 0.5) is 4.79 Å². The molecule has 26 heavy (non-hydrogen) atoms. The highest BCUT2D eigenvalue weighted by molar-refractivity contribution is 5.83. The van der Waals surface area contributed by atoms with Crippen LogP contribution in [0.1, 0.15) is 45.6 Å². The van der Waals surface area contributed by atoms with E-state index in [1.807, 2.05) is 51.1 Å². The van der Waals surface area contributed by atoms with Crippen LogP contribution in [0.3, 0.4) is 0 Å². The van der Waals surface area contributed by atoms with E-state index in [0.717, 1.165) is 30.4 Å². The molecule has 5 nitrogen and oxygen atoms in total. The number of hydrogen-bond acceptors (Lipinski definition) is 4. The van der Waals surface area contributed by atoms with E-state index in [-0.39, 0.29) is 24.1 Å². The summed E-state index contributed by atoms with van der Waals surface area (Å²) in [4.78, 5) is 26.3. The van der Waals surface area contributed by atoms with E-state index in [1.54, 1.807) is 11.0 Å². The molecule has 1 aromatic carbocycles. The molecule has 2 aliphatic rings. The molecule has 1 heterocycles. The molecule has 1 aromatic rings. The van der Waals surface area contributed by atoms with Gasteiger partial charge in [-0.2, -0.15) is 0 Å². The van der Waals surface area contributed by atoms with Crippen molar-refractivity contribution < 1.29 is 19.1 Å². The Labute approximate surface area is 155 Å². The van der Waals surface area contributed by atoms with E-state index in [4.69, 9.17) is 9.47 Å². The Morgan fingerprint density at radius 1 is 1.19 bits per heavy atom. The molecule has 0 unspecified atom stereocenters. The van der Waals surface area contributed by atoms with Crippen LogP contribution in [0.25, 0.3) is 0 Å². The summed E-state index contributed by atoms with van der Waals surface area (Å²) in [6.07, 6.45) is 4.27. The van der Waals surface area contributed by atoms with Crippen LogP contribution in [0.2, 0.25) is 0 Å². The first kappa shape index (κ1) is 18.5. The van der Waals surface area contributed by atoms with Gasteiger partial charge in [0.05, 0.1) is 0 Å². The fourth-order valence-electron chi connectivity index (χ4n) is 3.30. The van der Waals surface area contributed by atoms with Crippen LogP contribution in [-0.4, -0.2) is 35.7 Å². The number of rotatable bonds is 3. The number of ether oxygens (including phenoxy) is 2. The van der Waals surface area contributed by atoms with E-state index in [9.17, 15) is 9.59 Å². The lowest BCUT2D eigenvalue weighted by Gasteiger charge is -2.35. The molecule has 1 amide bonds. The molecule has 140 valence electrons. The minimum Gasteiger partial charge on any atom is -0.458 e. The Morgan fingerprint density at radius 3 is 2.50 bits per heavy atom. The Hall–Kier alpha value is -2.30. The average molecular weight is 357 g/mol. The maximum Gasteiger partial charge on any atom is 0.410 e. The fraction of sp³-hybridized carbons (Fsp3) is 0.524. The molecule has 0 N–H and O–H groups in total. The second-order valence-corrected chi connectivity index (χ2v) is 8.41. The van der Waals surface area contributed by atoms with Gasteiger partial charge in [-0.1, -0.05) is 30.3 Å². The van der Waals surface area contributed by atoms with Crippen molar-refractivity contribution in [1.82, 2.24) is 4.90 Å². The molecule has 1 aliphatic heterocycles.